The maximum absolute atomic E-state index is 6.11. The molecule has 3 heteroatoms. The Morgan fingerprint density at radius 1 is 1.18 bits per heavy atom. The highest BCUT2D eigenvalue weighted by Crippen LogP contribution is 2.36. The summed E-state index contributed by atoms with van der Waals surface area (Å²) >= 11 is 3.59. The summed E-state index contributed by atoms with van der Waals surface area (Å²) in [6.45, 7) is 6.32. The van der Waals surface area contributed by atoms with Gasteiger partial charge in [-0.2, -0.15) is 0 Å². The smallest absolute Gasteiger partial charge is 0.127 e. The largest absolute Gasteiger partial charge is 0.487 e. The topological polar surface area (TPSA) is 18.5 Å². The molecule has 0 bridgehead atoms. The molecule has 2 rings (SSSR count). The Morgan fingerprint density at radius 3 is 2.41 bits per heavy atom. The Bertz CT molecular complexity index is 417. The van der Waals surface area contributed by atoms with Crippen LogP contribution in [0.15, 0.2) is 12.1 Å². The number of rotatable bonds is 3. The fourth-order valence-corrected chi connectivity index (χ4v) is 3.12. The van der Waals surface area contributed by atoms with E-state index < -0.39 is 0 Å². The molecule has 0 amide bonds. The van der Waals surface area contributed by atoms with Crippen LogP contribution in [0.2, 0.25) is 0 Å². The molecule has 1 fully saturated rings. The van der Waals surface area contributed by atoms with E-state index in [-0.39, 0.29) is 12.2 Å². The van der Waals surface area contributed by atoms with E-state index in [1.807, 2.05) is 0 Å². The van der Waals surface area contributed by atoms with Gasteiger partial charge < -0.3 is 9.47 Å². The molecule has 1 aromatic rings. The van der Waals surface area contributed by atoms with Gasteiger partial charge in [-0.3, -0.25) is 0 Å². The lowest BCUT2D eigenvalue weighted by atomic mass is 9.91. The van der Waals surface area contributed by atoms with E-state index in [2.05, 4.69) is 48.8 Å². The molecule has 0 aromatic heterocycles. The molecular formula is C14H19BrO2. The number of hydrogen-bond acceptors (Lipinski definition) is 2. The predicted molar refractivity (Wildman–Crippen MR) is 73.2 cm³/mol. The van der Waals surface area contributed by atoms with Crippen molar-refractivity contribution in [2.24, 2.45) is 0 Å². The molecule has 1 aromatic carbocycles. The second-order valence-electron chi connectivity index (χ2n) is 4.76. The number of hydrogen-bond donors (Lipinski definition) is 0. The van der Waals surface area contributed by atoms with E-state index in [1.165, 1.54) is 16.7 Å². The zero-order chi connectivity index (χ0) is 12.6. The van der Waals surface area contributed by atoms with Crippen molar-refractivity contribution in [3.63, 3.8) is 0 Å². The van der Waals surface area contributed by atoms with Crippen molar-refractivity contribution in [1.29, 1.82) is 0 Å². The molecule has 1 aliphatic carbocycles. The highest BCUT2D eigenvalue weighted by molar-refractivity contribution is 9.09. The van der Waals surface area contributed by atoms with Gasteiger partial charge in [0.15, 0.2) is 0 Å². The van der Waals surface area contributed by atoms with Gasteiger partial charge in [-0.05, 0) is 37.5 Å². The average molecular weight is 299 g/mol. The first-order valence-corrected chi connectivity index (χ1v) is 6.86. The van der Waals surface area contributed by atoms with Crippen molar-refractivity contribution in [1.82, 2.24) is 0 Å². The maximum atomic E-state index is 6.11. The van der Waals surface area contributed by atoms with Crippen molar-refractivity contribution in [2.45, 2.75) is 44.2 Å². The Balaban J connectivity index is 2.17. The van der Waals surface area contributed by atoms with Crippen LogP contribution in [0.25, 0.3) is 0 Å². The average Bonchev–Trinajstić information content (AvgIpc) is 2.28. The maximum Gasteiger partial charge on any atom is 0.127 e. The number of benzene rings is 1. The van der Waals surface area contributed by atoms with Crippen LogP contribution < -0.4 is 4.74 Å². The standard InChI is InChI=1S/C14H19BrO2/c1-8-5-6-9(2)13(10(8)3)17-12-7-11(15)14(12)16-4/h5-6,11-12,14H,7H2,1-4H3. The van der Waals surface area contributed by atoms with Gasteiger partial charge in [-0.1, -0.05) is 28.1 Å². The van der Waals surface area contributed by atoms with E-state index in [0.29, 0.717) is 4.83 Å². The summed E-state index contributed by atoms with van der Waals surface area (Å²) in [5, 5.41) is 0. The minimum atomic E-state index is 0.161. The van der Waals surface area contributed by atoms with E-state index in [0.717, 1.165) is 12.2 Å². The van der Waals surface area contributed by atoms with Gasteiger partial charge in [0.2, 0.25) is 0 Å². The Hall–Kier alpha value is -0.540. The molecule has 0 spiro atoms. The van der Waals surface area contributed by atoms with E-state index >= 15 is 0 Å². The molecule has 1 aliphatic rings. The van der Waals surface area contributed by atoms with Gasteiger partial charge in [0.1, 0.15) is 18.0 Å². The molecule has 17 heavy (non-hydrogen) atoms. The van der Waals surface area contributed by atoms with Crippen LogP contribution in [0.5, 0.6) is 5.75 Å². The van der Waals surface area contributed by atoms with E-state index in [1.54, 1.807) is 7.11 Å². The third-order valence-corrected chi connectivity index (χ3v) is 4.49. The normalized spacial score (nSPS) is 27.7. The fraction of sp³-hybridized carbons (Fsp3) is 0.571. The molecule has 0 aliphatic heterocycles. The van der Waals surface area contributed by atoms with Gasteiger partial charge in [0.25, 0.3) is 0 Å². The molecular weight excluding hydrogens is 280 g/mol. The van der Waals surface area contributed by atoms with Crippen LogP contribution in [0.1, 0.15) is 23.1 Å². The monoisotopic (exact) mass is 298 g/mol. The summed E-state index contributed by atoms with van der Waals surface area (Å²) in [4.78, 5) is 0.419. The van der Waals surface area contributed by atoms with Crippen LogP contribution in [-0.2, 0) is 4.74 Å². The van der Waals surface area contributed by atoms with Gasteiger partial charge in [0, 0.05) is 18.4 Å². The third kappa shape index (κ3) is 2.36. The van der Waals surface area contributed by atoms with Crippen LogP contribution >= 0.6 is 15.9 Å². The van der Waals surface area contributed by atoms with Crippen LogP contribution in [0, 0.1) is 20.8 Å². The first-order chi connectivity index (χ1) is 8.04. The number of alkyl halides is 1. The molecule has 0 N–H and O–H groups in total. The molecule has 94 valence electrons. The first-order valence-electron chi connectivity index (χ1n) is 5.95. The number of halogens is 1. The van der Waals surface area contributed by atoms with Crippen molar-refractivity contribution in [2.75, 3.05) is 7.11 Å². The lowest BCUT2D eigenvalue weighted by Gasteiger charge is -2.40. The zero-order valence-corrected chi connectivity index (χ0v) is 12.4. The molecule has 0 radical (unpaired) electrons. The van der Waals surface area contributed by atoms with Crippen molar-refractivity contribution in [3.8, 4) is 5.75 Å². The Morgan fingerprint density at radius 2 is 1.82 bits per heavy atom. The van der Waals surface area contributed by atoms with Crippen LogP contribution in [0.4, 0.5) is 0 Å². The molecule has 2 nitrogen and oxygen atoms in total. The Kier molecular flexibility index (Phi) is 3.79. The highest BCUT2D eigenvalue weighted by atomic mass is 79.9. The number of aryl methyl sites for hydroxylation is 2. The minimum Gasteiger partial charge on any atom is -0.487 e. The molecule has 3 unspecified atom stereocenters. The van der Waals surface area contributed by atoms with Gasteiger partial charge in [-0.25, -0.2) is 0 Å². The summed E-state index contributed by atoms with van der Waals surface area (Å²) in [6, 6.07) is 4.25. The lowest BCUT2D eigenvalue weighted by molar-refractivity contribution is -0.0549. The summed E-state index contributed by atoms with van der Waals surface area (Å²) in [7, 11) is 1.74. The molecule has 1 saturated carbocycles. The molecule has 0 saturated heterocycles. The number of methoxy groups -OCH3 is 1. The van der Waals surface area contributed by atoms with Gasteiger partial charge in [0.05, 0.1) is 0 Å². The summed E-state index contributed by atoms with van der Waals surface area (Å²) in [5.41, 5.74) is 3.70. The van der Waals surface area contributed by atoms with E-state index in [4.69, 9.17) is 9.47 Å². The second kappa shape index (κ2) is 4.99. The van der Waals surface area contributed by atoms with E-state index in [9.17, 15) is 0 Å². The van der Waals surface area contributed by atoms with Gasteiger partial charge >= 0.3 is 0 Å². The van der Waals surface area contributed by atoms with Crippen molar-refractivity contribution < 1.29 is 9.47 Å². The summed E-state index contributed by atoms with van der Waals surface area (Å²) in [5.74, 6) is 1.02. The summed E-state index contributed by atoms with van der Waals surface area (Å²) < 4.78 is 11.5. The second-order valence-corrected chi connectivity index (χ2v) is 5.94. The lowest BCUT2D eigenvalue weighted by Crippen LogP contribution is -2.52. The van der Waals surface area contributed by atoms with Gasteiger partial charge in [-0.15, -0.1) is 0 Å². The molecule has 3 atom stereocenters. The fourth-order valence-electron chi connectivity index (χ4n) is 2.20. The minimum absolute atomic E-state index is 0.161. The van der Waals surface area contributed by atoms with Crippen molar-refractivity contribution >= 4 is 15.9 Å². The third-order valence-electron chi connectivity index (χ3n) is 3.60. The quantitative estimate of drug-likeness (QED) is 0.795. The molecule has 0 heterocycles. The predicted octanol–water partition coefficient (Wildman–Crippen LogP) is 3.54. The van der Waals surface area contributed by atoms with Crippen molar-refractivity contribution in [3.05, 3.63) is 28.8 Å². The summed E-state index contributed by atoms with van der Waals surface area (Å²) in [6.07, 6.45) is 1.34. The highest BCUT2D eigenvalue weighted by Gasteiger charge is 2.42. The first kappa shape index (κ1) is 12.9. The van der Waals surface area contributed by atoms with Crippen LogP contribution in [-0.4, -0.2) is 24.1 Å². The zero-order valence-electron chi connectivity index (χ0n) is 10.8. The number of ether oxygens (including phenoxy) is 2. The Labute approximate surface area is 111 Å². The SMILES string of the molecule is COC1C(Br)CC1Oc1c(C)ccc(C)c1C. The van der Waals surface area contributed by atoms with Crippen LogP contribution in [0.3, 0.4) is 0 Å².